The van der Waals surface area contributed by atoms with Crippen LogP contribution in [-0.2, 0) is 4.74 Å². The van der Waals surface area contributed by atoms with Crippen molar-refractivity contribution >= 4 is 11.9 Å². The molecule has 0 aliphatic heterocycles. The highest BCUT2D eigenvalue weighted by Crippen LogP contribution is 2.35. The standard InChI is InChI=1S/C20H29NO5/c1-13-10-11-20(24,12-16(13)21-18(23)26-19(2,3)4)17(22)14-6-8-15(25-5)9-7-14/h6-9,13,16,24H,10-12H2,1-5H3,(H,21,23). The normalized spacial score (nSPS) is 26.1. The van der Waals surface area contributed by atoms with E-state index in [2.05, 4.69) is 5.32 Å². The molecule has 2 rings (SSSR count). The predicted molar refractivity (Wildman–Crippen MR) is 98.4 cm³/mol. The summed E-state index contributed by atoms with van der Waals surface area (Å²) in [6.45, 7) is 7.38. The molecule has 1 saturated carbocycles. The fourth-order valence-electron chi connectivity index (χ4n) is 3.20. The number of ketones is 1. The van der Waals surface area contributed by atoms with Crippen LogP contribution in [0.4, 0.5) is 4.79 Å². The van der Waals surface area contributed by atoms with E-state index in [-0.39, 0.29) is 24.2 Å². The van der Waals surface area contributed by atoms with Crippen molar-refractivity contribution in [3.63, 3.8) is 0 Å². The zero-order valence-electron chi connectivity index (χ0n) is 16.2. The summed E-state index contributed by atoms with van der Waals surface area (Å²) >= 11 is 0. The van der Waals surface area contributed by atoms with Crippen molar-refractivity contribution in [1.82, 2.24) is 5.32 Å². The summed E-state index contributed by atoms with van der Waals surface area (Å²) < 4.78 is 10.4. The molecule has 0 heterocycles. The Morgan fingerprint density at radius 2 is 1.85 bits per heavy atom. The smallest absolute Gasteiger partial charge is 0.407 e. The highest BCUT2D eigenvalue weighted by Gasteiger charge is 2.44. The van der Waals surface area contributed by atoms with Gasteiger partial charge in [0.05, 0.1) is 7.11 Å². The number of nitrogens with one attached hydrogen (secondary N) is 1. The Kier molecular flexibility index (Phi) is 5.96. The average Bonchev–Trinajstić information content (AvgIpc) is 2.56. The van der Waals surface area contributed by atoms with Gasteiger partial charge >= 0.3 is 6.09 Å². The van der Waals surface area contributed by atoms with Gasteiger partial charge in [0.1, 0.15) is 17.0 Å². The van der Waals surface area contributed by atoms with Crippen molar-refractivity contribution in [3.05, 3.63) is 29.8 Å². The van der Waals surface area contributed by atoms with Gasteiger partial charge < -0.3 is 19.9 Å². The molecule has 0 saturated heterocycles. The lowest BCUT2D eigenvalue weighted by molar-refractivity contribution is -0.00932. The molecule has 26 heavy (non-hydrogen) atoms. The molecule has 3 unspecified atom stereocenters. The van der Waals surface area contributed by atoms with Crippen LogP contribution in [0.15, 0.2) is 24.3 Å². The van der Waals surface area contributed by atoms with E-state index in [1.54, 1.807) is 52.1 Å². The Bertz CT molecular complexity index is 649. The maximum absolute atomic E-state index is 12.9. The minimum absolute atomic E-state index is 0.145. The van der Waals surface area contributed by atoms with Crippen molar-refractivity contribution in [2.45, 2.75) is 64.2 Å². The van der Waals surface area contributed by atoms with Crippen LogP contribution in [0.25, 0.3) is 0 Å². The summed E-state index contributed by atoms with van der Waals surface area (Å²) in [6, 6.07) is 6.35. The van der Waals surface area contributed by atoms with E-state index in [1.165, 1.54) is 0 Å². The Balaban J connectivity index is 2.10. The number of carbonyl (C=O) groups excluding carboxylic acids is 2. The number of benzene rings is 1. The number of ether oxygens (including phenoxy) is 2. The van der Waals surface area contributed by atoms with Gasteiger partial charge in [0.25, 0.3) is 0 Å². The van der Waals surface area contributed by atoms with E-state index in [4.69, 9.17) is 9.47 Å². The van der Waals surface area contributed by atoms with Crippen molar-refractivity contribution < 1.29 is 24.2 Å². The van der Waals surface area contributed by atoms with Crippen molar-refractivity contribution in [2.24, 2.45) is 5.92 Å². The van der Waals surface area contributed by atoms with Crippen LogP contribution >= 0.6 is 0 Å². The van der Waals surface area contributed by atoms with E-state index < -0.39 is 17.3 Å². The van der Waals surface area contributed by atoms with Crippen LogP contribution in [-0.4, -0.2) is 41.3 Å². The van der Waals surface area contributed by atoms with Gasteiger partial charge in [0.15, 0.2) is 5.78 Å². The molecule has 1 aromatic rings. The molecular formula is C20H29NO5. The van der Waals surface area contributed by atoms with Crippen LogP contribution in [0.2, 0.25) is 0 Å². The minimum atomic E-state index is -1.50. The Hall–Kier alpha value is -2.08. The largest absolute Gasteiger partial charge is 0.497 e. The lowest BCUT2D eigenvalue weighted by atomic mass is 9.73. The second kappa shape index (κ2) is 7.66. The number of aliphatic hydroxyl groups is 1. The average molecular weight is 363 g/mol. The summed E-state index contributed by atoms with van der Waals surface area (Å²) in [5, 5.41) is 13.8. The molecule has 1 aliphatic carbocycles. The Morgan fingerprint density at radius 1 is 1.23 bits per heavy atom. The van der Waals surface area contributed by atoms with Crippen LogP contribution in [0.3, 0.4) is 0 Å². The number of hydrogen-bond acceptors (Lipinski definition) is 5. The van der Waals surface area contributed by atoms with E-state index >= 15 is 0 Å². The first kappa shape index (κ1) is 20.2. The number of amides is 1. The summed E-state index contributed by atoms with van der Waals surface area (Å²) in [4.78, 5) is 24.9. The fourth-order valence-corrected chi connectivity index (χ4v) is 3.20. The first-order valence-electron chi connectivity index (χ1n) is 8.95. The monoisotopic (exact) mass is 363 g/mol. The SMILES string of the molecule is COc1ccc(C(=O)C2(O)CCC(C)C(NC(=O)OC(C)(C)C)C2)cc1. The van der Waals surface area contributed by atoms with E-state index in [9.17, 15) is 14.7 Å². The highest BCUT2D eigenvalue weighted by molar-refractivity contribution is 6.02. The van der Waals surface area contributed by atoms with Crippen LogP contribution in [0, 0.1) is 5.92 Å². The van der Waals surface area contributed by atoms with Crippen LogP contribution in [0.5, 0.6) is 5.75 Å². The van der Waals surface area contributed by atoms with Crippen LogP contribution < -0.4 is 10.1 Å². The Morgan fingerprint density at radius 3 is 2.38 bits per heavy atom. The van der Waals surface area contributed by atoms with Gasteiger partial charge in [-0.25, -0.2) is 4.79 Å². The number of methoxy groups -OCH3 is 1. The quantitative estimate of drug-likeness (QED) is 0.802. The molecule has 1 amide bonds. The number of rotatable bonds is 4. The molecule has 1 aliphatic rings. The van der Waals surface area contributed by atoms with Gasteiger partial charge in [-0.2, -0.15) is 0 Å². The van der Waals surface area contributed by atoms with Gasteiger partial charge in [0.2, 0.25) is 0 Å². The van der Waals surface area contributed by atoms with E-state index in [0.29, 0.717) is 24.2 Å². The lowest BCUT2D eigenvalue weighted by Gasteiger charge is -2.39. The van der Waals surface area contributed by atoms with Crippen molar-refractivity contribution in [3.8, 4) is 5.75 Å². The topological polar surface area (TPSA) is 84.9 Å². The fraction of sp³-hybridized carbons (Fsp3) is 0.600. The van der Waals surface area contributed by atoms with E-state index in [1.807, 2.05) is 6.92 Å². The number of alkyl carbamates (subject to hydrolysis) is 1. The molecule has 3 atom stereocenters. The molecule has 144 valence electrons. The molecule has 1 aromatic carbocycles. The summed E-state index contributed by atoms with van der Waals surface area (Å²) in [5.74, 6) is 0.463. The maximum Gasteiger partial charge on any atom is 0.407 e. The summed E-state index contributed by atoms with van der Waals surface area (Å²) in [5.41, 5.74) is -1.67. The molecular weight excluding hydrogens is 334 g/mol. The molecule has 0 aromatic heterocycles. The predicted octanol–water partition coefficient (Wildman–Crippen LogP) is 3.32. The lowest BCUT2D eigenvalue weighted by Crippen LogP contribution is -2.53. The second-order valence-corrected chi connectivity index (χ2v) is 8.06. The number of hydrogen-bond donors (Lipinski definition) is 2. The zero-order chi connectivity index (χ0) is 19.5. The summed E-state index contributed by atoms with van der Waals surface area (Å²) in [6.07, 6.45) is 0.637. The van der Waals surface area contributed by atoms with E-state index in [0.717, 1.165) is 0 Å². The molecule has 6 heteroatoms. The van der Waals surface area contributed by atoms with Gasteiger partial charge in [0, 0.05) is 18.0 Å². The second-order valence-electron chi connectivity index (χ2n) is 8.06. The van der Waals surface area contributed by atoms with Crippen molar-refractivity contribution in [2.75, 3.05) is 7.11 Å². The first-order chi connectivity index (χ1) is 12.0. The molecule has 0 bridgehead atoms. The third-order valence-corrected chi connectivity index (χ3v) is 4.73. The van der Waals surface area contributed by atoms with Crippen LogP contribution in [0.1, 0.15) is 57.3 Å². The van der Waals surface area contributed by atoms with Gasteiger partial charge in [-0.15, -0.1) is 0 Å². The first-order valence-corrected chi connectivity index (χ1v) is 8.95. The maximum atomic E-state index is 12.9. The van der Waals surface area contributed by atoms with Gasteiger partial charge in [-0.05, 0) is 63.8 Å². The van der Waals surface area contributed by atoms with Gasteiger partial charge in [-0.1, -0.05) is 6.92 Å². The van der Waals surface area contributed by atoms with Gasteiger partial charge in [-0.3, -0.25) is 4.79 Å². The third kappa shape index (κ3) is 4.97. The third-order valence-electron chi connectivity index (χ3n) is 4.73. The molecule has 0 spiro atoms. The molecule has 0 radical (unpaired) electrons. The minimum Gasteiger partial charge on any atom is -0.497 e. The molecule has 1 fully saturated rings. The zero-order valence-corrected chi connectivity index (χ0v) is 16.2. The number of carbonyl (C=O) groups is 2. The Labute approximate surface area is 154 Å². The molecule has 2 N–H and O–H groups in total. The number of Topliss-reactive ketones (excluding diaryl/α,β-unsaturated/α-hetero) is 1. The summed E-state index contributed by atoms with van der Waals surface area (Å²) in [7, 11) is 1.56. The highest BCUT2D eigenvalue weighted by atomic mass is 16.6. The molecule has 6 nitrogen and oxygen atoms in total. The van der Waals surface area contributed by atoms with Crippen molar-refractivity contribution in [1.29, 1.82) is 0 Å².